The Kier molecular flexibility index (Phi) is 4.35. The van der Waals surface area contributed by atoms with Crippen LogP contribution in [0.3, 0.4) is 0 Å². The largest absolute Gasteiger partial charge is 0.359 e. The van der Waals surface area contributed by atoms with Crippen LogP contribution in [0.2, 0.25) is 0 Å². The van der Waals surface area contributed by atoms with Crippen molar-refractivity contribution in [2.24, 2.45) is 0 Å². The zero-order chi connectivity index (χ0) is 20.7. The van der Waals surface area contributed by atoms with Gasteiger partial charge in [0, 0.05) is 28.9 Å². The first-order chi connectivity index (χ1) is 14.6. The summed E-state index contributed by atoms with van der Waals surface area (Å²) >= 11 is 0. The minimum absolute atomic E-state index is 0.0993. The third-order valence-electron chi connectivity index (χ3n) is 5.51. The van der Waals surface area contributed by atoms with Gasteiger partial charge < -0.3 is 15.6 Å². The van der Waals surface area contributed by atoms with Gasteiger partial charge in [-0.1, -0.05) is 25.1 Å². The zero-order valence-corrected chi connectivity index (χ0v) is 16.5. The molecule has 1 aliphatic rings. The van der Waals surface area contributed by atoms with Gasteiger partial charge in [0.05, 0.1) is 24.0 Å². The normalized spacial score (nSPS) is 15.6. The lowest BCUT2D eigenvalue weighted by Crippen LogP contribution is -2.55. The summed E-state index contributed by atoms with van der Waals surface area (Å²) in [4.78, 5) is 26.5. The lowest BCUT2D eigenvalue weighted by Gasteiger charge is -2.25. The molecule has 1 atom stereocenters. The van der Waals surface area contributed by atoms with E-state index in [9.17, 15) is 9.59 Å². The summed E-state index contributed by atoms with van der Waals surface area (Å²) < 4.78 is 1.86. The van der Waals surface area contributed by atoms with Gasteiger partial charge in [0.25, 0.3) is 0 Å². The number of nitrogens with zero attached hydrogens (tertiary/aromatic N) is 2. The molecule has 1 fully saturated rings. The molecule has 7 heteroatoms. The molecule has 30 heavy (non-hydrogen) atoms. The SMILES string of the molecule is CCc1ccc(-n2cc(-c3ccc4[nH]cc(NC(=O)C5CC(=O)N5)c4c3)cn2)cc1. The maximum Gasteiger partial charge on any atom is 0.247 e. The lowest BCUT2D eigenvalue weighted by molar-refractivity contribution is -0.134. The number of carbonyl (C=O) groups excluding carboxylic acids is 2. The summed E-state index contributed by atoms with van der Waals surface area (Å²) in [6.45, 7) is 2.14. The lowest BCUT2D eigenvalue weighted by atomic mass is 10.0. The third-order valence-corrected chi connectivity index (χ3v) is 5.51. The molecule has 0 spiro atoms. The summed E-state index contributed by atoms with van der Waals surface area (Å²) in [5.41, 5.74) is 5.92. The molecule has 2 amide bonds. The van der Waals surface area contributed by atoms with E-state index in [1.807, 2.05) is 35.3 Å². The summed E-state index contributed by atoms with van der Waals surface area (Å²) in [6.07, 6.45) is 6.84. The first-order valence-corrected chi connectivity index (χ1v) is 9.96. The quantitative estimate of drug-likeness (QED) is 0.449. The number of aryl methyl sites for hydroxylation is 1. The van der Waals surface area contributed by atoms with Crippen LogP contribution in [0.1, 0.15) is 18.9 Å². The Morgan fingerprint density at radius 3 is 2.73 bits per heavy atom. The summed E-state index contributed by atoms with van der Waals surface area (Å²) in [7, 11) is 0. The Bertz CT molecular complexity index is 1240. The number of rotatable bonds is 5. The zero-order valence-electron chi connectivity index (χ0n) is 16.5. The second-order valence-corrected chi connectivity index (χ2v) is 7.47. The van der Waals surface area contributed by atoms with Gasteiger partial charge in [-0.2, -0.15) is 5.10 Å². The van der Waals surface area contributed by atoms with Crippen LogP contribution < -0.4 is 10.6 Å². The molecule has 4 aromatic rings. The topological polar surface area (TPSA) is 91.8 Å². The number of aromatic nitrogens is 3. The van der Waals surface area contributed by atoms with Gasteiger partial charge in [-0.25, -0.2) is 4.68 Å². The Balaban J connectivity index is 1.41. The Morgan fingerprint density at radius 2 is 2.00 bits per heavy atom. The highest BCUT2D eigenvalue weighted by molar-refractivity contribution is 6.08. The van der Waals surface area contributed by atoms with E-state index in [2.05, 4.69) is 51.9 Å². The molecule has 0 saturated carbocycles. The monoisotopic (exact) mass is 399 g/mol. The molecular formula is C23H21N5O2. The van der Waals surface area contributed by atoms with Gasteiger partial charge in [0.2, 0.25) is 11.8 Å². The van der Waals surface area contributed by atoms with Crippen LogP contribution in [0.25, 0.3) is 27.7 Å². The number of anilines is 1. The van der Waals surface area contributed by atoms with E-state index in [-0.39, 0.29) is 18.2 Å². The van der Waals surface area contributed by atoms with Crippen molar-refractivity contribution in [3.63, 3.8) is 0 Å². The standard InChI is InChI=1S/C23H21N5O2/c1-2-14-3-6-17(7-4-14)28-13-16(11-25-28)15-5-8-19-18(9-15)21(12-24-19)27-23(30)20-10-22(29)26-20/h3-9,11-13,20,24H,2,10H2,1H3,(H,26,29)(H,27,30). The van der Waals surface area contributed by atoms with Crippen molar-refractivity contribution in [1.82, 2.24) is 20.1 Å². The van der Waals surface area contributed by atoms with Crippen LogP contribution in [-0.4, -0.2) is 32.6 Å². The van der Waals surface area contributed by atoms with E-state index in [1.165, 1.54) is 5.56 Å². The minimum Gasteiger partial charge on any atom is -0.359 e. The fourth-order valence-electron chi connectivity index (χ4n) is 3.64. The highest BCUT2D eigenvalue weighted by atomic mass is 16.2. The van der Waals surface area contributed by atoms with Gasteiger partial charge in [-0.3, -0.25) is 9.59 Å². The van der Waals surface area contributed by atoms with Crippen LogP contribution in [0.4, 0.5) is 5.69 Å². The smallest absolute Gasteiger partial charge is 0.247 e. The van der Waals surface area contributed by atoms with Gasteiger partial charge in [0.1, 0.15) is 6.04 Å². The van der Waals surface area contributed by atoms with E-state index in [0.29, 0.717) is 5.69 Å². The van der Waals surface area contributed by atoms with Gasteiger partial charge in [-0.15, -0.1) is 0 Å². The fraction of sp³-hybridized carbons (Fsp3) is 0.174. The number of H-pyrrole nitrogens is 1. The average molecular weight is 399 g/mol. The average Bonchev–Trinajstić information content (AvgIpc) is 3.39. The Morgan fingerprint density at radius 1 is 1.20 bits per heavy atom. The molecule has 0 aliphatic carbocycles. The number of benzene rings is 2. The third kappa shape index (κ3) is 3.24. The molecular weight excluding hydrogens is 378 g/mol. The predicted molar refractivity (Wildman–Crippen MR) is 115 cm³/mol. The first kappa shape index (κ1) is 18.2. The highest BCUT2D eigenvalue weighted by Crippen LogP contribution is 2.29. The summed E-state index contributed by atoms with van der Waals surface area (Å²) in [6, 6.07) is 13.9. The minimum atomic E-state index is -0.456. The Hall–Kier alpha value is -3.87. The molecule has 3 heterocycles. The number of hydrogen-bond acceptors (Lipinski definition) is 3. The van der Waals surface area contributed by atoms with E-state index in [1.54, 1.807) is 6.20 Å². The molecule has 0 radical (unpaired) electrons. The second-order valence-electron chi connectivity index (χ2n) is 7.47. The molecule has 150 valence electrons. The van der Waals surface area contributed by atoms with Gasteiger partial charge >= 0.3 is 0 Å². The van der Waals surface area contributed by atoms with E-state index >= 15 is 0 Å². The molecule has 0 bridgehead atoms. The van der Waals surface area contributed by atoms with E-state index in [4.69, 9.17) is 0 Å². The maximum absolute atomic E-state index is 12.3. The number of aromatic amines is 1. The van der Waals surface area contributed by atoms with Crippen molar-refractivity contribution in [3.05, 3.63) is 66.6 Å². The Labute approximate surface area is 173 Å². The second kappa shape index (κ2) is 7.18. The van der Waals surface area contributed by atoms with E-state index in [0.717, 1.165) is 34.1 Å². The number of hydrogen-bond donors (Lipinski definition) is 3. The first-order valence-electron chi connectivity index (χ1n) is 9.96. The van der Waals surface area contributed by atoms with Crippen LogP contribution in [0.5, 0.6) is 0 Å². The van der Waals surface area contributed by atoms with Gasteiger partial charge in [0.15, 0.2) is 0 Å². The van der Waals surface area contributed by atoms with Gasteiger partial charge in [-0.05, 0) is 41.8 Å². The maximum atomic E-state index is 12.3. The van der Waals surface area contributed by atoms with Crippen LogP contribution in [0.15, 0.2) is 61.1 Å². The number of fused-ring (bicyclic) bond motifs is 1. The molecule has 2 aromatic carbocycles. The van der Waals surface area contributed by atoms with E-state index < -0.39 is 6.04 Å². The molecule has 7 nitrogen and oxygen atoms in total. The predicted octanol–water partition coefficient (Wildman–Crippen LogP) is 3.41. The summed E-state index contributed by atoms with van der Waals surface area (Å²) in [5.74, 6) is -0.304. The van der Waals surface area contributed by atoms with Crippen molar-refractivity contribution in [3.8, 4) is 16.8 Å². The van der Waals surface area contributed by atoms with Crippen molar-refractivity contribution in [2.45, 2.75) is 25.8 Å². The van der Waals surface area contributed by atoms with Crippen LogP contribution in [0, 0.1) is 0 Å². The van der Waals surface area contributed by atoms with Crippen molar-refractivity contribution in [2.75, 3.05) is 5.32 Å². The molecule has 3 N–H and O–H groups in total. The van der Waals surface area contributed by atoms with Crippen molar-refractivity contribution < 1.29 is 9.59 Å². The highest BCUT2D eigenvalue weighted by Gasteiger charge is 2.32. The number of carbonyl (C=O) groups is 2. The molecule has 5 rings (SSSR count). The fourth-order valence-corrected chi connectivity index (χ4v) is 3.64. The van der Waals surface area contributed by atoms with Crippen molar-refractivity contribution >= 4 is 28.4 Å². The van der Waals surface area contributed by atoms with Crippen LogP contribution >= 0.6 is 0 Å². The molecule has 2 aromatic heterocycles. The molecule has 1 unspecified atom stereocenters. The molecule has 1 saturated heterocycles. The van der Waals surface area contributed by atoms with Crippen molar-refractivity contribution in [1.29, 1.82) is 0 Å². The number of β-lactam (4-membered cyclic amide) rings is 1. The number of amides is 2. The molecule has 1 aliphatic heterocycles. The number of nitrogens with one attached hydrogen (secondary N) is 3. The van der Waals surface area contributed by atoms with Crippen LogP contribution in [-0.2, 0) is 16.0 Å². The summed E-state index contributed by atoms with van der Waals surface area (Å²) in [5, 5.41) is 10.9.